The van der Waals surface area contributed by atoms with Crippen LogP contribution in [0.15, 0.2) is 24.4 Å². The van der Waals surface area contributed by atoms with Crippen LogP contribution in [0.5, 0.6) is 0 Å². The summed E-state index contributed by atoms with van der Waals surface area (Å²) >= 11 is 0. The Morgan fingerprint density at radius 1 is 1.14 bits per heavy atom. The zero-order valence-electron chi connectivity index (χ0n) is 15.8. The van der Waals surface area contributed by atoms with Crippen molar-refractivity contribution in [1.29, 1.82) is 0 Å². The van der Waals surface area contributed by atoms with Crippen molar-refractivity contribution in [3.8, 4) is 11.3 Å². The van der Waals surface area contributed by atoms with E-state index < -0.39 is 17.5 Å². The molecule has 0 aliphatic carbocycles. The van der Waals surface area contributed by atoms with E-state index >= 15 is 0 Å². The van der Waals surface area contributed by atoms with Crippen LogP contribution in [-0.4, -0.2) is 31.7 Å². The Balaban J connectivity index is 1.68. The lowest BCUT2D eigenvalue weighted by Gasteiger charge is -2.26. The van der Waals surface area contributed by atoms with Gasteiger partial charge in [-0.1, -0.05) is 0 Å². The van der Waals surface area contributed by atoms with Crippen molar-refractivity contribution < 1.29 is 18.0 Å². The van der Waals surface area contributed by atoms with Gasteiger partial charge in [-0.3, -0.25) is 9.48 Å². The Bertz CT molecular complexity index is 1080. The summed E-state index contributed by atoms with van der Waals surface area (Å²) in [4.78, 5) is 14.6. The van der Waals surface area contributed by atoms with Gasteiger partial charge in [0.2, 0.25) is 0 Å². The molecule has 0 atom stereocenters. The van der Waals surface area contributed by atoms with E-state index in [1.54, 1.807) is 18.0 Å². The molecule has 0 radical (unpaired) electrons. The fraction of sp³-hybridized carbons (Fsp3) is 0.300. The van der Waals surface area contributed by atoms with E-state index in [-0.39, 0.29) is 11.5 Å². The highest BCUT2D eigenvalue weighted by Gasteiger charge is 2.29. The van der Waals surface area contributed by atoms with Crippen molar-refractivity contribution in [1.82, 2.24) is 19.2 Å². The quantitative estimate of drug-likeness (QED) is 0.632. The first-order valence-electron chi connectivity index (χ1n) is 8.88. The Morgan fingerprint density at radius 2 is 1.82 bits per heavy atom. The zero-order chi connectivity index (χ0) is 20.2. The van der Waals surface area contributed by atoms with Crippen molar-refractivity contribution in [3.05, 3.63) is 64.4 Å². The second kappa shape index (κ2) is 6.54. The van der Waals surface area contributed by atoms with Gasteiger partial charge in [0.1, 0.15) is 0 Å². The lowest BCUT2D eigenvalue weighted by Crippen LogP contribution is -2.36. The molecule has 1 aromatic carbocycles. The topological polar surface area (TPSA) is 43.1 Å². The molecule has 4 rings (SSSR count). The molecule has 146 valence electrons. The molecule has 1 amide bonds. The van der Waals surface area contributed by atoms with Gasteiger partial charge < -0.3 is 9.47 Å². The van der Waals surface area contributed by atoms with E-state index in [1.807, 2.05) is 24.7 Å². The Labute approximate surface area is 160 Å². The van der Waals surface area contributed by atoms with Crippen molar-refractivity contribution in [2.24, 2.45) is 14.1 Å². The Hall–Kier alpha value is -3.03. The second-order valence-corrected chi connectivity index (χ2v) is 7.05. The van der Waals surface area contributed by atoms with E-state index in [0.717, 1.165) is 23.4 Å². The Morgan fingerprint density at radius 3 is 2.43 bits per heavy atom. The normalized spacial score (nSPS) is 13.7. The number of halogens is 3. The van der Waals surface area contributed by atoms with Crippen LogP contribution in [-0.2, 0) is 27.1 Å². The van der Waals surface area contributed by atoms with Gasteiger partial charge in [-0.05, 0) is 31.5 Å². The molecule has 3 aromatic rings. The third kappa shape index (κ3) is 2.80. The van der Waals surface area contributed by atoms with Crippen LogP contribution >= 0.6 is 0 Å². The summed E-state index contributed by atoms with van der Waals surface area (Å²) < 4.78 is 44.1. The minimum absolute atomic E-state index is 0.0742. The molecular weight excluding hydrogens is 369 g/mol. The fourth-order valence-electron chi connectivity index (χ4n) is 3.75. The molecule has 3 heterocycles. The smallest absolute Gasteiger partial charge is 0.256 e. The summed E-state index contributed by atoms with van der Waals surface area (Å²) in [6, 6.07) is 3.74. The van der Waals surface area contributed by atoms with Crippen LogP contribution < -0.4 is 0 Å². The van der Waals surface area contributed by atoms with E-state index in [0.29, 0.717) is 36.5 Å². The van der Waals surface area contributed by atoms with Crippen LogP contribution in [0.25, 0.3) is 11.3 Å². The summed E-state index contributed by atoms with van der Waals surface area (Å²) in [6.45, 7) is 2.66. The molecule has 1 aliphatic heterocycles. The number of rotatable bonds is 2. The van der Waals surface area contributed by atoms with Gasteiger partial charge in [-0.15, -0.1) is 0 Å². The SMILES string of the molecule is Cc1c(C(=O)N2CCc3c(nn(C)c3-c3cc(F)c(F)c(F)c3)C2)ccn1C. The number of aryl methyl sites for hydroxylation is 2. The monoisotopic (exact) mass is 388 g/mol. The number of benzene rings is 1. The van der Waals surface area contributed by atoms with Crippen molar-refractivity contribution in [2.45, 2.75) is 19.9 Å². The van der Waals surface area contributed by atoms with Gasteiger partial charge in [0.05, 0.1) is 23.5 Å². The highest BCUT2D eigenvalue weighted by molar-refractivity contribution is 5.95. The minimum Gasteiger partial charge on any atom is -0.354 e. The molecule has 0 N–H and O–H groups in total. The number of amides is 1. The van der Waals surface area contributed by atoms with Gasteiger partial charge in [-0.25, -0.2) is 13.2 Å². The number of nitrogens with zero attached hydrogens (tertiary/aromatic N) is 4. The van der Waals surface area contributed by atoms with Gasteiger partial charge in [0.15, 0.2) is 17.5 Å². The molecule has 2 aromatic heterocycles. The van der Waals surface area contributed by atoms with Crippen LogP contribution in [0.1, 0.15) is 27.3 Å². The molecule has 0 unspecified atom stereocenters. The predicted octanol–water partition coefficient (Wildman–Crippen LogP) is 3.35. The van der Waals surface area contributed by atoms with Crippen molar-refractivity contribution in [2.75, 3.05) is 6.54 Å². The molecule has 5 nitrogen and oxygen atoms in total. The summed E-state index contributed by atoms with van der Waals surface area (Å²) in [7, 11) is 3.55. The molecule has 1 aliphatic rings. The summed E-state index contributed by atoms with van der Waals surface area (Å²) in [5.41, 5.74) is 3.79. The largest absolute Gasteiger partial charge is 0.354 e. The van der Waals surface area contributed by atoms with Crippen LogP contribution in [0.4, 0.5) is 13.2 Å². The van der Waals surface area contributed by atoms with Gasteiger partial charge in [0.25, 0.3) is 5.91 Å². The third-order valence-electron chi connectivity index (χ3n) is 5.36. The molecule has 8 heteroatoms. The molecule has 0 saturated heterocycles. The molecule has 0 fully saturated rings. The predicted molar refractivity (Wildman–Crippen MR) is 97.1 cm³/mol. The number of carbonyl (C=O) groups is 1. The van der Waals surface area contributed by atoms with Crippen LogP contribution in [0.3, 0.4) is 0 Å². The molecular formula is C20H19F3N4O. The minimum atomic E-state index is -1.49. The average Bonchev–Trinajstić information content (AvgIpc) is 3.16. The van der Waals surface area contributed by atoms with Crippen molar-refractivity contribution in [3.63, 3.8) is 0 Å². The first-order valence-corrected chi connectivity index (χ1v) is 8.88. The molecule has 0 bridgehead atoms. The highest BCUT2D eigenvalue weighted by Crippen LogP contribution is 2.32. The number of carbonyl (C=O) groups excluding carboxylic acids is 1. The standard InChI is InChI=1S/C20H19F3N4O/c1-11-13(4-6-25(11)2)20(28)27-7-5-14-17(10-27)24-26(3)19(14)12-8-15(21)18(23)16(22)9-12/h4,6,8-9H,5,7,10H2,1-3H3. The van der Waals surface area contributed by atoms with E-state index in [4.69, 9.17) is 0 Å². The van der Waals surface area contributed by atoms with Crippen LogP contribution in [0.2, 0.25) is 0 Å². The lowest BCUT2D eigenvalue weighted by atomic mass is 9.99. The van der Waals surface area contributed by atoms with Crippen LogP contribution in [0, 0.1) is 24.4 Å². The summed E-state index contributed by atoms with van der Waals surface area (Å²) in [5, 5.41) is 4.44. The first-order chi connectivity index (χ1) is 13.3. The maximum Gasteiger partial charge on any atom is 0.256 e. The van der Waals surface area contributed by atoms with E-state index in [2.05, 4.69) is 5.10 Å². The number of fused-ring (bicyclic) bond motifs is 1. The van der Waals surface area contributed by atoms with Gasteiger partial charge in [0, 0.05) is 43.7 Å². The average molecular weight is 388 g/mol. The second-order valence-electron chi connectivity index (χ2n) is 7.05. The summed E-state index contributed by atoms with van der Waals surface area (Å²) in [5.74, 6) is -4.04. The van der Waals surface area contributed by atoms with Gasteiger partial charge >= 0.3 is 0 Å². The molecule has 0 saturated carbocycles. The third-order valence-corrected chi connectivity index (χ3v) is 5.36. The zero-order valence-corrected chi connectivity index (χ0v) is 15.8. The molecule has 28 heavy (non-hydrogen) atoms. The fourth-order valence-corrected chi connectivity index (χ4v) is 3.75. The number of hydrogen-bond acceptors (Lipinski definition) is 2. The Kier molecular flexibility index (Phi) is 4.28. The van der Waals surface area contributed by atoms with Crippen molar-refractivity contribution >= 4 is 5.91 Å². The van der Waals surface area contributed by atoms with E-state index in [9.17, 15) is 18.0 Å². The maximum absolute atomic E-state index is 13.7. The summed E-state index contributed by atoms with van der Waals surface area (Å²) in [6.07, 6.45) is 2.34. The first kappa shape index (κ1) is 18.3. The van der Waals surface area contributed by atoms with Gasteiger partial charge in [-0.2, -0.15) is 5.10 Å². The number of aromatic nitrogens is 3. The number of hydrogen-bond donors (Lipinski definition) is 0. The maximum atomic E-state index is 13.7. The lowest BCUT2D eigenvalue weighted by molar-refractivity contribution is 0.0731. The molecule has 0 spiro atoms. The van der Waals surface area contributed by atoms with E-state index in [1.165, 1.54) is 4.68 Å². The highest BCUT2D eigenvalue weighted by atomic mass is 19.2.